The predicted molar refractivity (Wildman–Crippen MR) is 90.7 cm³/mol. The second-order valence-corrected chi connectivity index (χ2v) is 6.08. The van der Waals surface area contributed by atoms with E-state index in [1.54, 1.807) is 41.3 Å². The summed E-state index contributed by atoms with van der Waals surface area (Å²) in [7, 11) is 0. The van der Waals surface area contributed by atoms with Gasteiger partial charge in [-0.3, -0.25) is 9.59 Å². The average Bonchev–Trinajstić information content (AvgIpc) is 2.62. The lowest BCUT2D eigenvalue weighted by Crippen LogP contribution is -2.44. The Balaban J connectivity index is 1.67. The number of carbonyl (C=O) groups excluding carboxylic acids is 2. The largest absolute Gasteiger partial charge is 0.457 e. The Labute approximate surface area is 145 Å². The maximum Gasteiger partial charge on any atom is 0.253 e. The van der Waals surface area contributed by atoms with Gasteiger partial charge in [-0.05, 0) is 49.2 Å². The summed E-state index contributed by atoms with van der Waals surface area (Å²) in [4.78, 5) is 25.6. The number of primary amides is 1. The number of rotatable bonds is 4. The second-order valence-electron chi connectivity index (χ2n) is 6.08. The van der Waals surface area contributed by atoms with Gasteiger partial charge >= 0.3 is 0 Å². The highest BCUT2D eigenvalue weighted by atomic mass is 19.1. The molecule has 2 aromatic carbocycles. The van der Waals surface area contributed by atoms with Crippen LogP contribution in [0, 0.1) is 11.7 Å². The Bertz CT molecular complexity index is 776. The Morgan fingerprint density at radius 3 is 2.56 bits per heavy atom. The van der Waals surface area contributed by atoms with E-state index < -0.39 is 0 Å². The number of piperidine rings is 1. The molecule has 1 saturated heterocycles. The van der Waals surface area contributed by atoms with Crippen LogP contribution in [-0.2, 0) is 4.79 Å². The van der Waals surface area contributed by atoms with E-state index in [4.69, 9.17) is 10.5 Å². The third kappa shape index (κ3) is 4.15. The van der Waals surface area contributed by atoms with Gasteiger partial charge in [-0.15, -0.1) is 0 Å². The molecule has 1 heterocycles. The molecule has 1 aliphatic rings. The minimum absolute atomic E-state index is 0.136. The number of benzene rings is 2. The fourth-order valence-electron chi connectivity index (χ4n) is 2.91. The third-order valence-electron chi connectivity index (χ3n) is 4.24. The summed E-state index contributed by atoms with van der Waals surface area (Å²) in [5.41, 5.74) is 5.86. The van der Waals surface area contributed by atoms with Crippen molar-refractivity contribution in [3.05, 3.63) is 59.9 Å². The van der Waals surface area contributed by atoms with Crippen LogP contribution in [0.2, 0.25) is 0 Å². The highest BCUT2D eigenvalue weighted by Crippen LogP contribution is 2.23. The van der Waals surface area contributed by atoms with Crippen LogP contribution in [0.25, 0.3) is 0 Å². The number of hydrogen-bond acceptors (Lipinski definition) is 3. The molecule has 0 bridgehead atoms. The van der Waals surface area contributed by atoms with Crippen molar-refractivity contribution in [1.29, 1.82) is 0 Å². The molecular formula is C19H19FN2O3. The van der Waals surface area contributed by atoms with Crippen molar-refractivity contribution in [2.45, 2.75) is 12.8 Å². The highest BCUT2D eigenvalue weighted by Gasteiger charge is 2.27. The summed E-state index contributed by atoms with van der Waals surface area (Å²) >= 11 is 0. The fraction of sp³-hybridized carbons (Fsp3) is 0.263. The lowest BCUT2D eigenvalue weighted by atomic mass is 9.97. The van der Waals surface area contributed by atoms with E-state index in [0.29, 0.717) is 30.2 Å². The zero-order valence-corrected chi connectivity index (χ0v) is 13.7. The third-order valence-corrected chi connectivity index (χ3v) is 4.24. The first-order valence-electron chi connectivity index (χ1n) is 8.15. The van der Waals surface area contributed by atoms with Crippen molar-refractivity contribution in [1.82, 2.24) is 4.90 Å². The van der Waals surface area contributed by atoms with Crippen LogP contribution in [-0.4, -0.2) is 29.8 Å². The Morgan fingerprint density at radius 2 is 1.88 bits per heavy atom. The van der Waals surface area contributed by atoms with E-state index in [1.807, 2.05) is 0 Å². The molecule has 5 nitrogen and oxygen atoms in total. The number of carbonyl (C=O) groups is 2. The van der Waals surface area contributed by atoms with Crippen LogP contribution < -0.4 is 10.5 Å². The van der Waals surface area contributed by atoms with Crippen molar-refractivity contribution in [2.75, 3.05) is 13.1 Å². The van der Waals surface area contributed by atoms with Gasteiger partial charge in [-0.25, -0.2) is 4.39 Å². The molecule has 130 valence electrons. The Morgan fingerprint density at radius 1 is 1.12 bits per heavy atom. The lowest BCUT2D eigenvalue weighted by molar-refractivity contribution is -0.123. The van der Waals surface area contributed by atoms with Crippen LogP contribution in [0.1, 0.15) is 23.2 Å². The molecule has 1 fully saturated rings. The number of nitrogens with zero attached hydrogens (tertiary/aromatic N) is 1. The number of nitrogens with two attached hydrogens (primary N) is 1. The van der Waals surface area contributed by atoms with Crippen molar-refractivity contribution in [2.24, 2.45) is 11.7 Å². The van der Waals surface area contributed by atoms with Crippen molar-refractivity contribution >= 4 is 11.8 Å². The van der Waals surface area contributed by atoms with E-state index in [1.165, 1.54) is 12.1 Å². The molecule has 1 atom stereocenters. The zero-order chi connectivity index (χ0) is 17.8. The van der Waals surface area contributed by atoms with Crippen LogP contribution in [0.3, 0.4) is 0 Å². The molecule has 1 aliphatic heterocycles. The van der Waals surface area contributed by atoms with Gasteiger partial charge in [0, 0.05) is 24.7 Å². The molecule has 0 radical (unpaired) electrons. The number of halogens is 1. The monoisotopic (exact) mass is 342 g/mol. The number of likely N-dealkylation sites (tertiary alicyclic amines) is 1. The van der Waals surface area contributed by atoms with Gasteiger partial charge in [0.2, 0.25) is 5.91 Å². The van der Waals surface area contributed by atoms with Crippen LogP contribution in [0.15, 0.2) is 48.5 Å². The summed E-state index contributed by atoms with van der Waals surface area (Å²) in [6.07, 6.45) is 1.49. The first kappa shape index (κ1) is 17.0. The van der Waals surface area contributed by atoms with Crippen LogP contribution in [0.4, 0.5) is 4.39 Å². The van der Waals surface area contributed by atoms with E-state index in [-0.39, 0.29) is 23.5 Å². The predicted octanol–water partition coefficient (Wildman–Crippen LogP) is 2.96. The molecule has 0 aromatic heterocycles. The van der Waals surface area contributed by atoms with Gasteiger partial charge in [0.25, 0.3) is 5.91 Å². The highest BCUT2D eigenvalue weighted by molar-refractivity contribution is 5.94. The molecular weight excluding hydrogens is 323 g/mol. The molecule has 2 amide bonds. The molecule has 0 saturated carbocycles. The number of hydrogen-bond donors (Lipinski definition) is 1. The summed E-state index contributed by atoms with van der Waals surface area (Å²) < 4.78 is 18.7. The Hall–Kier alpha value is -2.89. The maximum absolute atomic E-state index is 13.2. The van der Waals surface area contributed by atoms with Gasteiger partial charge in [0.05, 0.1) is 5.92 Å². The van der Waals surface area contributed by atoms with Crippen LogP contribution >= 0.6 is 0 Å². The smallest absolute Gasteiger partial charge is 0.253 e. The summed E-state index contributed by atoms with van der Waals surface area (Å²) in [5.74, 6) is -0.263. The quantitative estimate of drug-likeness (QED) is 0.928. The van der Waals surface area contributed by atoms with Gasteiger partial charge < -0.3 is 15.4 Å². The SMILES string of the molecule is NC(=O)[C@@H]1CCCN(C(=O)c2ccc(Oc3cccc(F)c3)cc2)C1. The van der Waals surface area contributed by atoms with E-state index in [9.17, 15) is 14.0 Å². The number of ether oxygens (including phenoxy) is 1. The molecule has 2 aromatic rings. The Kier molecular flexibility index (Phi) is 4.97. The molecule has 6 heteroatoms. The molecule has 0 spiro atoms. The second kappa shape index (κ2) is 7.34. The van der Waals surface area contributed by atoms with Gasteiger partial charge in [-0.2, -0.15) is 0 Å². The van der Waals surface area contributed by atoms with Crippen molar-refractivity contribution < 1.29 is 18.7 Å². The van der Waals surface area contributed by atoms with Gasteiger partial charge in [0.1, 0.15) is 17.3 Å². The average molecular weight is 342 g/mol. The summed E-state index contributed by atoms with van der Waals surface area (Å²) in [6, 6.07) is 12.5. The van der Waals surface area contributed by atoms with Crippen LogP contribution in [0.5, 0.6) is 11.5 Å². The first-order valence-corrected chi connectivity index (χ1v) is 8.15. The standard InChI is InChI=1S/C19H19FN2O3/c20-15-4-1-5-17(11-15)25-16-8-6-13(7-9-16)19(24)22-10-2-3-14(12-22)18(21)23/h1,4-9,11,14H,2-3,10,12H2,(H2,21,23)/t14-/m1/s1. The van der Waals surface area contributed by atoms with E-state index in [0.717, 1.165) is 12.8 Å². The summed E-state index contributed by atoms with van der Waals surface area (Å²) in [6.45, 7) is 0.972. The molecule has 0 aliphatic carbocycles. The zero-order valence-electron chi connectivity index (χ0n) is 13.7. The summed E-state index contributed by atoms with van der Waals surface area (Å²) in [5, 5.41) is 0. The molecule has 2 N–H and O–H groups in total. The molecule has 3 rings (SSSR count). The topological polar surface area (TPSA) is 72.6 Å². The normalized spacial score (nSPS) is 17.2. The van der Waals surface area contributed by atoms with E-state index >= 15 is 0 Å². The minimum Gasteiger partial charge on any atom is -0.457 e. The lowest BCUT2D eigenvalue weighted by Gasteiger charge is -2.31. The van der Waals surface area contributed by atoms with Crippen molar-refractivity contribution in [3.63, 3.8) is 0 Å². The minimum atomic E-state index is -0.376. The van der Waals surface area contributed by atoms with Crippen molar-refractivity contribution in [3.8, 4) is 11.5 Å². The number of amides is 2. The van der Waals surface area contributed by atoms with Gasteiger partial charge in [-0.1, -0.05) is 6.07 Å². The molecule has 0 unspecified atom stereocenters. The maximum atomic E-state index is 13.2. The van der Waals surface area contributed by atoms with E-state index in [2.05, 4.69) is 0 Å². The fourth-order valence-corrected chi connectivity index (χ4v) is 2.91. The van der Waals surface area contributed by atoms with Gasteiger partial charge in [0.15, 0.2) is 0 Å². The molecule has 25 heavy (non-hydrogen) atoms. The first-order chi connectivity index (χ1) is 12.0.